The predicted molar refractivity (Wildman–Crippen MR) is 382 cm³/mol. The molecule has 9 radical (unpaired) electrons. The Morgan fingerprint density at radius 3 is 0.704 bits per heavy atom. The van der Waals surface area contributed by atoms with Crippen molar-refractivity contribution in [3.05, 3.63) is 274 Å². The van der Waals surface area contributed by atoms with Crippen molar-refractivity contribution in [2.45, 2.75) is 35.6 Å². The maximum Gasteiger partial charge on any atom is 0.0273 e. The quantitative estimate of drug-likeness (QED) is 0.0806. The summed E-state index contributed by atoms with van der Waals surface area (Å²) in [5, 5.41) is 0. The number of hydrogen-bond donors (Lipinski definition) is 0. The highest BCUT2D eigenvalue weighted by Gasteiger charge is 2.00. The van der Waals surface area contributed by atoms with Crippen LogP contribution in [0, 0.1) is 137 Å². The van der Waals surface area contributed by atoms with Gasteiger partial charge in [0, 0.05) is 125 Å². The van der Waals surface area contributed by atoms with E-state index in [-0.39, 0.29) is 14.9 Å². The van der Waals surface area contributed by atoms with Crippen LogP contribution in [0.1, 0.15) is 98.3 Å². The number of halogens is 5. The van der Waals surface area contributed by atoms with Gasteiger partial charge in [0.15, 0.2) is 0 Å². The molecule has 385 valence electrons. The Morgan fingerprint density at radius 2 is 0.519 bits per heavy atom. The van der Waals surface area contributed by atoms with Gasteiger partial charge in [0.1, 0.15) is 0 Å². The van der Waals surface area contributed by atoms with Crippen LogP contribution in [0.4, 0.5) is 0 Å². The Hall–Kier alpha value is -6.98. The van der Waals surface area contributed by atoms with Gasteiger partial charge in [0.2, 0.25) is 0 Å². The summed E-state index contributed by atoms with van der Waals surface area (Å²) in [6, 6.07) is 55.6. The van der Waals surface area contributed by atoms with E-state index in [1.807, 2.05) is 72.8 Å². The molecule has 0 aliphatic rings. The molecular formula is C71H51B5Br3I2. The Balaban J connectivity index is 0.00000110. The molecule has 0 aliphatic carbocycles. The third-order valence-corrected chi connectivity index (χ3v) is 12.2. The minimum absolute atomic E-state index is 0. The highest BCUT2D eigenvalue weighted by atomic mass is 127. The van der Waals surface area contributed by atoms with Gasteiger partial charge in [0.25, 0.3) is 0 Å². The van der Waals surface area contributed by atoms with Gasteiger partial charge in [-0.2, -0.15) is 0 Å². The van der Waals surface area contributed by atoms with Crippen LogP contribution in [0.15, 0.2) is 183 Å². The molecule has 0 amide bonds. The van der Waals surface area contributed by atoms with Crippen LogP contribution in [0.5, 0.6) is 0 Å². The molecule has 0 saturated carbocycles. The van der Waals surface area contributed by atoms with Crippen LogP contribution in [-0.4, -0.2) is 38.0 Å². The maximum absolute atomic E-state index is 5.21. The average Bonchev–Trinajstić information content (AvgIpc) is 3.44. The zero-order valence-corrected chi connectivity index (χ0v) is 52.5. The van der Waals surface area contributed by atoms with Crippen molar-refractivity contribution < 1.29 is 0 Å². The molecule has 0 aliphatic heterocycles. The van der Waals surface area contributed by atoms with E-state index >= 15 is 0 Å². The fourth-order valence-electron chi connectivity index (χ4n) is 6.18. The number of rotatable bonds is 0. The van der Waals surface area contributed by atoms with Crippen LogP contribution in [-0.2, 0) is 0 Å². The van der Waals surface area contributed by atoms with Gasteiger partial charge < -0.3 is 0 Å². The topological polar surface area (TPSA) is 0 Å². The van der Waals surface area contributed by atoms with E-state index in [0.717, 1.165) is 87.2 Å². The predicted octanol–water partition coefficient (Wildman–Crippen LogP) is 16.3. The molecule has 8 aromatic carbocycles. The van der Waals surface area contributed by atoms with Gasteiger partial charge in [-0.1, -0.05) is 176 Å². The van der Waals surface area contributed by atoms with Gasteiger partial charge in [-0.3, -0.25) is 0 Å². The molecule has 0 spiro atoms. The van der Waals surface area contributed by atoms with Crippen molar-refractivity contribution in [1.82, 2.24) is 0 Å². The monoisotopic (exact) mass is 1450 g/mol. The van der Waals surface area contributed by atoms with Gasteiger partial charge in [-0.05, 0) is 210 Å². The van der Waals surface area contributed by atoms with Crippen LogP contribution in [0.2, 0.25) is 0 Å². The summed E-state index contributed by atoms with van der Waals surface area (Å²) in [6.07, 6.45) is 31.3. The summed E-state index contributed by atoms with van der Waals surface area (Å²) >= 11 is 14.7. The lowest BCUT2D eigenvalue weighted by Crippen LogP contribution is -1.86. The average molecular weight is 1450 g/mol. The molecule has 0 fully saturated rings. The molecule has 0 unspecified atom stereocenters. The molecule has 81 heavy (non-hydrogen) atoms. The zero-order chi connectivity index (χ0) is 58.5. The van der Waals surface area contributed by atoms with Crippen molar-refractivity contribution in [3.63, 3.8) is 0 Å². The van der Waals surface area contributed by atoms with Gasteiger partial charge in [-0.25, -0.2) is 0 Å². The zero-order valence-electron chi connectivity index (χ0n) is 43.4. The Kier molecular flexibility index (Phi) is 39.2. The fourth-order valence-corrected chi connectivity index (χ4v) is 10.3. The van der Waals surface area contributed by atoms with Crippen molar-refractivity contribution in [1.29, 1.82) is 0 Å². The summed E-state index contributed by atoms with van der Waals surface area (Å²) < 4.78 is 5.82. The largest absolute Gasteiger partial charge is 0.115 e. The Bertz CT molecular complexity index is 3300. The summed E-state index contributed by atoms with van der Waals surface area (Å²) in [6.45, 7) is 6.23. The van der Waals surface area contributed by atoms with Crippen molar-refractivity contribution in [2.75, 3.05) is 0 Å². The summed E-state index contributed by atoms with van der Waals surface area (Å²) in [5.41, 5.74) is 13.6. The summed E-state index contributed by atoms with van der Waals surface area (Å²) in [4.78, 5) is 0. The number of terminal acetylenes is 6. The normalized spacial score (nSPS) is 8.37. The number of aryl methyl sites for hydroxylation is 3. The van der Waals surface area contributed by atoms with E-state index in [9.17, 15) is 0 Å². The number of benzene rings is 8. The van der Waals surface area contributed by atoms with E-state index in [2.05, 4.69) is 276 Å². The molecule has 0 heterocycles. The highest BCUT2D eigenvalue weighted by molar-refractivity contribution is 14.1. The van der Waals surface area contributed by atoms with E-state index in [1.165, 1.54) is 23.8 Å². The lowest BCUT2D eigenvalue weighted by molar-refractivity contribution is 1.45. The van der Waals surface area contributed by atoms with Crippen LogP contribution >= 0.6 is 93.0 Å². The second-order valence-electron chi connectivity index (χ2n) is 15.8. The lowest BCUT2D eigenvalue weighted by atomic mass is 9.40. The van der Waals surface area contributed by atoms with E-state index in [1.54, 1.807) is 36.4 Å². The van der Waals surface area contributed by atoms with Gasteiger partial charge in [0.05, 0.1) is 0 Å². The van der Waals surface area contributed by atoms with Crippen LogP contribution in [0.25, 0.3) is 0 Å². The minimum atomic E-state index is 0. The minimum Gasteiger partial charge on any atom is -0.115 e. The first-order valence-corrected chi connectivity index (χ1v) is 27.7. The molecular weight excluding hydrogens is 1400 g/mol. The summed E-state index contributed by atoms with van der Waals surface area (Å²) in [7, 11) is 18.0. The first kappa shape index (κ1) is 74.0. The smallest absolute Gasteiger partial charge is 0.0273 e. The Morgan fingerprint density at radius 1 is 0.321 bits per heavy atom. The maximum atomic E-state index is 5.21. The third kappa shape index (κ3) is 31.6. The lowest BCUT2D eigenvalue weighted by Gasteiger charge is -1.99. The molecule has 8 aromatic rings. The molecule has 8 rings (SSSR count). The molecule has 0 atom stereocenters. The van der Waals surface area contributed by atoms with Gasteiger partial charge in [-0.15, -0.1) is 38.5 Å². The second-order valence-corrected chi connectivity index (χ2v) is 21.1. The van der Waals surface area contributed by atoms with Gasteiger partial charge >= 0.3 is 0 Å². The van der Waals surface area contributed by atoms with E-state index in [0.29, 0.717) is 0 Å². The van der Waals surface area contributed by atoms with Crippen LogP contribution < -0.4 is 0 Å². The standard InChI is InChI=1S/C33H24.2C12H6.C6H3Br3.C6H4I2.2CH4.B3.B2/c1-25-7-4-10-28(19-25)13-16-31-22-32(17-14-29-11-5-8-26(2)20-29)24-33(23-31)18-15-30-12-6-9-27(3)21-30;2*1-4-10-7-11(5-2)9-12(6-3)8-10;7-4-1-5(8)3-6(9)2-4;7-5-2-1-3-6(8)4-5;;;1-3-2;1-2/h4-12,19-24H,1-3H3;2*1-3,7-9H;1-3H;1-4H;2*1H4;;. The highest BCUT2D eigenvalue weighted by Crippen LogP contribution is 2.23. The molecule has 0 aromatic heterocycles. The number of hydrogen-bond acceptors (Lipinski definition) is 0. The van der Waals surface area contributed by atoms with Crippen molar-refractivity contribution >= 4 is 131 Å². The van der Waals surface area contributed by atoms with Crippen molar-refractivity contribution in [2.24, 2.45) is 0 Å². The van der Waals surface area contributed by atoms with Crippen LogP contribution in [0.3, 0.4) is 0 Å². The molecule has 0 N–H and O–H groups in total. The molecule has 0 bridgehead atoms. The SMILES string of the molecule is Brc1cc(Br)cc(Br)c1.C.C.C#Cc1cc(C#C)cc(C#C)c1.C#Cc1cc(C#C)cc(C#C)c1.Cc1cccc(C#Cc2cc(C#Cc3cccc(C)c3)cc(C#Cc3cccc(C)c3)c2)c1.Ic1cccc(I)c1.[B][B].[B][B][B]. The third-order valence-electron chi connectivity index (χ3n) is 9.52. The van der Waals surface area contributed by atoms with Crippen molar-refractivity contribution in [3.8, 4) is 110 Å². The second kappa shape index (κ2) is 42.8. The molecule has 0 saturated heterocycles. The first-order chi connectivity index (χ1) is 38.0. The summed E-state index contributed by atoms with van der Waals surface area (Å²) in [5.74, 6) is 34.6. The first-order valence-electron chi connectivity index (χ1n) is 23.1. The molecule has 0 nitrogen and oxygen atoms in total. The van der Waals surface area contributed by atoms with E-state index in [4.69, 9.17) is 38.5 Å². The molecule has 10 heteroatoms. The Labute approximate surface area is 544 Å². The van der Waals surface area contributed by atoms with E-state index < -0.39 is 0 Å². The fraction of sp³-hybridized carbons (Fsp3) is 0.0704.